The largest absolute Gasteiger partial charge is 0.444 e. The molecule has 0 unspecified atom stereocenters. The molecule has 1 amide bonds. The number of ether oxygens (including phenoxy) is 1. The zero-order chi connectivity index (χ0) is 16.4. The van der Waals surface area contributed by atoms with E-state index in [1.807, 2.05) is 20.8 Å². The van der Waals surface area contributed by atoms with Crippen LogP contribution in [0.3, 0.4) is 0 Å². The van der Waals surface area contributed by atoms with Crippen molar-refractivity contribution in [2.75, 3.05) is 13.1 Å². The maximum Gasteiger partial charge on any atom is 0.410 e. The number of likely N-dealkylation sites (tertiary alicyclic amines) is 1. The number of aromatic nitrogens is 3. The summed E-state index contributed by atoms with van der Waals surface area (Å²) in [6, 6.07) is 0. The summed E-state index contributed by atoms with van der Waals surface area (Å²) in [5.74, 6) is 0. The molecule has 1 saturated heterocycles. The van der Waals surface area contributed by atoms with Crippen molar-refractivity contribution in [3.63, 3.8) is 0 Å². The van der Waals surface area contributed by atoms with E-state index in [4.69, 9.17) is 10.5 Å². The minimum Gasteiger partial charge on any atom is -0.444 e. The van der Waals surface area contributed by atoms with Crippen LogP contribution in [0.5, 0.6) is 0 Å². The van der Waals surface area contributed by atoms with E-state index in [1.165, 1.54) is 4.68 Å². The first-order valence-electron chi connectivity index (χ1n) is 7.47. The van der Waals surface area contributed by atoms with E-state index >= 15 is 0 Å². The first-order chi connectivity index (χ1) is 10.2. The molecule has 7 nitrogen and oxygen atoms in total. The first kappa shape index (κ1) is 16.7. The van der Waals surface area contributed by atoms with Gasteiger partial charge in [-0.25, -0.2) is 13.9 Å². The Morgan fingerprint density at radius 1 is 1.45 bits per heavy atom. The predicted molar refractivity (Wildman–Crippen MR) is 78.8 cm³/mol. The zero-order valence-electron chi connectivity index (χ0n) is 13.4. The molecule has 0 spiro atoms. The van der Waals surface area contributed by atoms with Crippen molar-refractivity contribution in [2.45, 2.75) is 58.0 Å². The average Bonchev–Trinajstić information content (AvgIpc) is 2.84. The lowest BCUT2D eigenvalue weighted by molar-refractivity contribution is -0.00147. The van der Waals surface area contributed by atoms with Gasteiger partial charge in [-0.2, -0.15) is 0 Å². The highest BCUT2D eigenvalue weighted by Crippen LogP contribution is 2.29. The van der Waals surface area contributed by atoms with Crippen molar-refractivity contribution in [2.24, 2.45) is 5.73 Å². The maximum atomic E-state index is 14.8. The number of rotatable bonds is 3. The minimum absolute atomic E-state index is 0.127. The van der Waals surface area contributed by atoms with Gasteiger partial charge in [-0.1, -0.05) is 5.21 Å². The van der Waals surface area contributed by atoms with Crippen molar-refractivity contribution in [3.05, 3.63) is 11.9 Å². The van der Waals surface area contributed by atoms with Gasteiger partial charge in [0.05, 0.1) is 12.2 Å². The monoisotopic (exact) mass is 313 g/mol. The molecule has 0 aromatic carbocycles. The number of carbonyl (C=O) groups excluding carboxylic acids is 1. The molecule has 8 heteroatoms. The molecule has 2 N–H and O–H groups in total. The van der Waals surface area contributed by atoms with Crippen LogP contribution in [0, 0.1) is 0 Å². The summed E-state index contributed by atoms with van der Waals surface area (Å²) in [5.41, 5.74) is 4.17. The number of nitrogens with zero attached hydrogens (tertiary/aromatic N) is 4. The molecular weight excluding hydrogens is 289 g/mol. The van der Waals surface area contributed by atoms with Crippen LogP contribution in [-0.4, -0.2) is 50.3 Å². The highest BCUT2D eigenvalue weighted by atomic mass is 19.1. The number of halogens is 1. The molecule has 2 heterocycles. The number of alkyl halides is 1. The number of amides is 1. The van der Waals surface area contributed by atoms with Gasteiger partial charge in [-0.3, -0.25) is 0 Å². The lowest BCUT2D eigenvalue weighted by atomic mass is 9.93. The molecule has 1 aliphatic heterocycles. The quantitative estimate of drug-likeness (QED) is 0.913. The fourth-order valence-corrected chi connectivity index (χ4v) is 2.37. The van der Waals surface area contributed by atoms with Crippen molar-refractivity contribution >= 4 is 6.09 Å². The fourth-order valence-electron chi connectivity index (χ4n) is 2.37. The van der Waals surface area contributed by atoms with E-state index in [1.54, 1.807) is 11.1 Å². The number of nitrogens with two attached hydrogens (primary N) is 1. The molecule has 1 aliphatic rings. The van der Waals surface area contributed by atoms with Crippen molar-refractivity contribution in [1.82, 2.24) is 19.9 Å². The van der Waals surface area contributed by atoms with E-state index in [-0.39, 0.29) is 32.0 Å². The summed E-state index contributed by atoms with van der Waals surface area (Å²) < 4.78 is 21.6. The molecule has 0 saturated carbocycles. The van der Waals surface area contributed by atoms with Gasteiger partial charge in [0, 0.05) is 38.7 Å². The number of hydrogen-bond acceptors (Lipinski definition) is 5. The van der Waals surface area contributed by atoms with E-state index in [0.717, 1.165) is 0 Å². The molecule has 0 bridgehead atoms. The Balaban J connectivity index is 1.88. The number of carbonyl (C=O) groups is 1. The standard InChI is InChI=1S/C14H24FN5O2/c1-13(2,3)22-12(21)19-6-4-14(15,5-7-19)10-20-9-11(8-16)17-18-20/h9H,4-8,10,16H2,1-3H3. The van der Waals surface area contributed by atoms with Gasteiger partial charge in [0.25, 0.3) is 0 Å². The SMILES string of the molecule is CC(C)(C)OC(=O)N1CCC(F)(Cn2cc(CN)nn2)CC1. The summed E-state index contributed by atoms with van der Waals surface area (Å²) in [6.07, 6.45) is 1.77. The first-order valence-corrected chi connectivity index (χ1v) is 7.47. The molecule has 1 fully saturated rings. The van der Waals surface area contributed by atoms with Gasteiger partial charge in [0.2, 0.25) is 0 Å². The second-order valence-corrected chi connectivity index (χ2v) is 6.73. The third kappa shape index (κ3) is 4.40. The van der Waals surface area contributed by atoms with Crippen LogP contribution in [0.2, 0.25) is 0 Å². The van der Waals surface area contributed by atoms with Crippen LogP contribution in [-0.2, 0) is 17.8 Å². The molecular formula is C14H24FN5O2. The Morgan fingerprint density at radius 3 is 2.59 bits per heavy atom. The Hall–Kier alpha value is -1.70. The Morgan fingerprint density at radius 2 is 2.09 bits per heavy atom. The summed E-state index contributed by atoms with van der Waals surface area (Å²) in [4.78, 5) is 13.5. The van der Waals surface area contributed by atoms with Crippen molar-refractivity contribution in [3.8, 4) is 0 Å². The van der Waals surface area contributed by atoms with E-state index in [9.17, 15) is 9.18 Å². The third-order valence-corrected chi connectivity index (χ3v) is 3.55. The minimum atomic E-state index is -1.39. The summed E-state index contributed by atoms with van der Waals surface area (Å²) in [7, 11) is 0. The van der Waals surface area contributed by atoms with Gasteiger partial charge >= 0.3 is 6.09 Å². The van der Waals surface area contributed by atoms with Gasteiger partial charge in [0.1, 0.15) is 11.3 Å². The Bertz CT molecular complexity index is 518. The Labute approximate surface area is 129 Å². The Kier molecular flexibility index (Phi) is 4.69. The highest BCUT2D eigenvalue weighted by molar-refractivity contribution is 5.68. The van der Waals surface area contributed by atoms with Gasteiger partial charge < -0.3 is 15.4 Å². The second-order valence-electron chi connectivity index (χ2n) is 6.73. The molecule has 2 rings (SSSR count). The van der Waals surface area contributed by atoms with Crippen LogP contribution in [0.4, 0.5) is 9.18 Å². The van der Waals surface area contributed by atoms with Gasteiger partial charge in [0.15, 0.2) is 0 Å². The summed E-state index contributed by atoms with van der Waals surface area (Å²) in [6.45, 7) is 6.53. The number of piperidine rings is 1. The number of hydrogen-bond donors (Lipinski definition) is 1. The normalized spacial score (nSPS) is 18.3. The summed E-state index contributed by atoms with van der Waals surface area (Å²) in [5, 5.41) is 7.72. The van der Waals surface area contributed by atoms with Crippen molar-refractivity contribution < 1.29 is 13.9 Å². The molecule has 0 aliphatic carbocycles. The molecule has 1 aromatic heterocycles. The second kappa shape index (κ2) is 6.20. The van der Waals surface area contributed by atoms with E-state index < -0.39 is 11.3 Å². The predicted octanol–water partition coefficient (Wildman–Crippen LogP) is 1.48. The molecule has 124 valence electrons. The summed E-state index contributed by atoms with van der Waals surface area (Å²) >= 11 is 0. The lowest BCUT2D eigenvalue weighted by Gasteiger charge is -2.36. The van der Waals surface area contributed by atoms with Crippen LogP contribution in [0.15, 0.2) is 6.20 Å². The highest BCUT2D eigenvalue weighted by Gasteiger charge is 2.37. The van der Waals surface area contributed by atoms with Crippen molar-refractivity contribution in [1.29, 1.82) is 0 Å². The van der Waals surface area contributed by atoms with Crippen LogP contribution >= 0.6 is 0 Å². The lowest BCUT2D eigenvalue weighted by Crippen LogP contribution is -2.47. The molecule has 0 radical (unpaired) electrons. The molecule has 1 aromatic rings. The fraction of sp³-hybridized carbons (Fsp3) is 0.786. The van der Waals surface area contributed by atoms with Gasteiger partial charge in [-0.05, 0) is 20.8 Å². The zero-order valence-corrected chi connectivity index (χ0v) is 13.4. The third-order valence-electron chi connectivity index (χ3n) is 3.55. The van der Waals surface area contributed by atoms with Crippen LogP contribution < -0.4 is 5.73 Å². The topological polar surface area (TPSA) is 86.3 Å². The van der Waals surface area contributed by atoms with E-state index in [2.05, 4.69) is 10.3 Å². The smallest absolute Gasteiger partial charge is 0.410 e. The maximum absolute atomic E-state index is 14.8. The van der Waals surface area contributed by atoms with Gasteiger partial charge in [-0.15, -0.1) is 5.10 Å². The van der Waals surface area contributed by atoms with E-state index in [0.29, 0.717) is 18.8 Å². The average molecular weight is 313 g/mol. The molecule has 22 heavy (non-hydrogen) atoms. The molecule has 0 atom stereocenters. The van der Waals surface area contributed by atoms with Crippen LogP contribution in [0.1, 0.15) is 39.3 Å². The van der Waals surface area contributed by atoms with Crippen LogP contribution in [0.25, 0.3) is 0 Å².